The molecule has 2 aromatic rings. The molecule has 0 amide bonds. The molecule has 84 valence electrons. The first-order valence-corrected chi connectivity index (χ1v) is 5.07. The third-order valence-electron chi connectivity index (χ3n) is 1.87. The summed E-state index contributed by atoms with van der Waals surface area (Å²) in [5.74, 6) is -1.00. The maximum atomic E-state index is 12.9. The average Bonchev–Trinajstić information content (AvgIpc) is 2.60. The largest absolute Gasteiger partial charge is 0.375 e. The van der Waals surface area contributed by atoms with Crippen LogP contribution >= 0.6 is 11.3 Å². The summed E-state index contributed by atoms with van der Waals surface area (Å²) < 4.78 is 14.0. The number of hydrogen-bond acceptors (Lipinski definition) is 5. The van der Waals surface area contributed by atoms with Crippen molar-refractivity contribution in [3.63, 3.8) is 0 Å². The van der Waals surface area contributed by atoms with Crippen LogP contribution in [0, 0.1) is 5.82 Å². The molecule has 16 heavy (non-hydrogen) atoms. The molecule has 0 bridgehead atoms. The summed E-state index contributed by atoms with van der Waals surface area (Å²) in [6, 6.07) is 0. The first kappa shape index (κ1) is 10.6. The molecule has 2 rings (SSSR count). The molecule has 0 aromatic carbocycles. The fraction of sp³-hybridized carbons (Fsp3) is 0.125. The molecule has 2 heterocycles. The second-order valence-corrected chi connectivity index (χ2v) is 4.18. The lowest BCUT2D eigenvalue weighted by Crippen LogP contribution is -2.31. The van der Waals surface area contributed by atoms with Crippen LogP contribution in [0.15, 0.2) is 22.0 Å². The number of aromatic nitrogens is 3. The topological polar surface area (TPSA) is 93.8 Å². The molecule has 0 aliphatic rings. The summed E-state index contributed by atoms with van der Waals surface area (Å²) in [6.45, 7) is 0.126. The molecule has 0 radical (unpaired) electrons. The van der Waals surface area contributed by atoms with Gasteiger partial charge in [0.15, 0.2) is 5.13 Å². The third kappa shape index (κ3) is 2.01. The van der Waals surface area contributed by atoms with Crippen molar-refractivity contribution in [2.24, 2.45) is 0 Å². The van der Waals surface area contributed by atoms with Crippen LogP contribution in [0.25, 0.3) is 0 Å². The number of anilines is 1. The molecule has 0 spiro atoms. The smallest absolute Gasteiger partial charge is 0.328 e. The zero-order valence-corrected chi connectivity index (χ0v) is 8.75. The van der Waals surface area contributed by atoms with E-state index in [9.17, 15) is 14.0 Å². The Balaban J connectivity index is 2.39. The maximum Gasteiger partial charge on any atom is 0.328 e. The lowest BCUT2D eigenvalue weighted by atomic mass is 10.5. The van der Waals surface area contributed by atoms with Crippen molar-refractivity contribution in [2.45, 2.75) is 6.54 Å². The second kappa shape index (κ2) is 3.89. The van der Waals surface area contributed by atoms with Gasteiger partial charge in [0.1, 0.15) is 0 Å². The van der Waals surface area contributed by atoms with E-state index in [1.165, 1.54) is 17.5 Å². The van der Waals surface area contributed by atoms with Crippen LogP contribution in [-0.2, 0) is 6.54 Å². The molecule has 0 saturated heterocycles. The van der Waals surface area contributed by atoms with E-state index in [-0.39, 0.29) is 6.54 Å². The summed E-state index contributed by atoms with van der Waals surface area (Å²) in [6.07, 6.45) is 2.35. The first-order valence-electron chi connectivity index (χ1n) is 4.25. The van der Waals surface area contributed by atoms with Crippen LogP contribution < -0.4 is 17.0 Å². The fourth-order valence-electron chi connectivity index (χ4n) is 1.16. The summed E-state index contributed by atoms with van der Waals surface area (Å²) >= 11 is 1.19. The first-order chi connectivity index (χ1) is 7.56. The van der Waals surface area contributed by atoms with E-state index in [0.717, 1.165) is 10.8 Å². The van der Waals surface area contributed by atoms with Gasteiger partial charge in [-0.25, -0.2) is 9.78 Å². The third-order valence-corrected chi connectivity index (χ3v) is 2.68. The molecule has 0 unspecified atom stereocenters. The molecule has 0 aliphatic carbocycles. The number of nitrogen functional groups attached to an aromatic ring is 1. The standard InChI is InChI=1S/C8H7FN4O2S/c9-5-3-13(8(15)12-6(5)14)2-4-1-11-7(10)16-4/h1,3H,2H2,(H2,10,11)(H,12,14,15). The lowest BCUT2D eigenvalue weighted by Gasteiger charge is -2.01. The Hall–Kier alpha value is -1.96. The van der Waals surface area contributed by atoms with E-state index in [4.69, 9.17) is 5.73 Å². The van der Waals surface area contributed by atoms with Gasteiger partial charge >= 0.3 is 5.69 Å². The molecule has 2 aromatic heterocycles. The molecule has 0 saturated carbocycles. The summed E-state index contributed by atoms with van der Waals surface area (Å²) in [7, 11) is 0. The second-order valence-electron chi connectivity index (χ2n) is 3.03. The van der Waals surface area contributed by atoms with Crippen molar-refractivity contribution in [3.05, 3.63) is 43.9 Å². The van der Waals surface area contributed by atoms with E-state index < -0.39 is 17.1 Å². The van der Waals surface area contributed by atoms with E-state index in [1.54, 1.807) is 0 Å². The van der Waals surface area contributed by atoms with Crippen molar-refractivity contribution < 1.29 is 4.39 Å². The number of nitrogens with zero attached hydrogens (tertiary/aromatic N) is 2. The minimum absolute atomic E-state index is 0.126. The van der Waals surface area contributed by atoms with E-state index in [0.29, 0.717) is 10.0 Å². The predicted molar refractivity (Wildman–Crippen MR) is 56.9 cm³/mol. The zero-order chi connectivity index (χ0) is 11.7. The van der Waals surface area contributed by atoms with Crippen LogP contribution in [0.5, 0.6) is 0 Å². The maximum absolute atomic E-state index is 12.9. The van der Waals surface area contributed by atoms with E-state index in [2.05, 4.69) is 4.98 Å². The molecular formula is C8H7FN4O2S. The Bertz CT molecular complexity index is 629. The van der Waals surface area contributed by atoms with Crippen molar-refractivity contribution in [1.29, 1.82) is 0 Å². The van der Waals surface area contributed by atoms with Gasteiger partial charge in [-0.15, -0.1) is 11.3 Å². The van der Waals surface area contributed by atoms with Gasteiger partial charge in [0.2, 0.25) is 5.82 Å². The highest BCUT2D eigenvalue weighted by atomic mass is 32.1. The highest BCUT2D eigenvalue weighted by Crippen LogP contribution is 2.14. The highest BCUT2D eigenvalue weighted by Gasteiger charge is 2.05. The van der Waals surface area contributed by atoms with Gasteiger partial charge in [-0.2, -0.15) is 4.39 Å². The van der Waals surface area contributed by atoms with Crippen LogP contribution in [0.4, 0.5) is 9.52 Å². The fourth-order valence-corrected chi connectivity index (χ4v) is 1.85. The predicted octanol–water partition coefficient (Wildman–Crippen LogP) is -0.237. The van der Waals surface area contributed by atoms with Crippen LogP contribution in [0.1, 0.15) is 4.88 Å². The van der Waals surface area contributed by atoms with Gasteiger partial charge < -0.3 is 5.73 Å². The van der Waals surface area contributed by atoms with Gasteiger partial charge in [0.05, 0.1) is 12.7 Å². The zero-order valence-electron chi connectivity index (χ0n) is 7.94. The van der Waals surface area contributed by atoms with Gasteiger partial charge in [-0.05, 0) is 0 Å². The van der Waals surface area contributed by atoms with E-state index in [1.807, 2.05) is 4.98 Å². The van der Waals surface area contributed by atoms with Gasteiger partial charge in [-0.1, -0.05) is 0 Å². The Morgan fingerprint density at radius 1 is 1.56 bits per heavy atom. The van der Waals surface area contributed by atoms with Crippen LogP contribution in [0.3, 0.4) is 0 Å². The summed E-state index contributed by atoms with van der Waals surface area (Å²) in [5, 5.41) is 0.368. The molecule has 8 heteroatoms. The number of H-pyrrole nitrogens is 1. The molecular weight excluding hydrogens is 235 g/mol. The van der Waals surface area contributed by atoms with Crippen molar-refractivity contribution in [2.75, 3.05) is 5.73 Å². The highest BCUT2D eigenvalue weighted by molar-refractivity contribution is 7.15. The Morgan fingerprint density at radius 3 is 2.94 bits per heavy atom. The van der Waals surface area contributed by atoms with E-state index >= 15 is 0 Å². The number of thiazole rings is 1. The summed E-state index contributed by atoms with van der Waals surface area (Å²) in [5.41, 5.74) is 3.72. The Kier molecular flexibility index (Phi) is 2.57. The molecule has 3 N–H and O–H groups in total. The molecule has 0 atom stereocenters. The number of nitrogens with one attached hydrogen (secondary N) is 1. The Morgan fingerprint density at radius 2 is 2.31 bits per heavy atom. The quantitative estimate of drug-likeness (QED) is 0.760. The minimum Gasteiger partial charge on any atom is -0.375 e. The molecule has 0 fully saturated rings. The number of halogens is 1. The van der Waals surface area contributed by atoms with Crippen molar-refractivity contribution in [3.8, 4) is 0 Å². The lowest BCUT2D eigenvalue weighted by molar-refractivity contribution is 0.567. The van der Waals surface area contributed by atoms with Crippen molar-refractivity contribution >= 4 is 16.5 Å². The van der Waals surface area contributed by atoms with Gasteiger partial charge in [0.25, 0.3) is 5.56 Å². The Labute approximate surface area is 92.2 Å². The summed E-state index contributed by atoms with van der Waals surface area (Å²) in [4.78, 5) is 28.4. The van der Waals surface area contributed by atoms with Crippen LogP contribution in [0.2, 0.25) is 0 Å². The monoisotopic (exact) mass is 242 g/mol. The SMILES string of the molecule is Nc1ncc(Cn2cc(F)c(=O)[nH]c2=O)s1. The van der Waals surface area contributed by atoms with Gasteiger partial charge in [-0.3, -0.25) is 14.3 Å². The average molecular weight is 242 g/mol. The molecule has 6 nitrogen and oxygen atoms in total. The number of hydrogen-bond donors (Lipinski definition) is 2. The van der Waals surface area contributed by atoms with Crippen molar-refractivity contribution in [1.82, 2.24) is 14.5 Å². The number of nitrogens with two attached hydrogens (primary N) is 1. The minimum atomic E-state index is -1.02. The normalized spacial score (nSPS) is 10.6. The number of aromatic amines is 1. The van der Waals surface area contributed by atoms with Gasteiger partial charge in [0, 0.05) is 11.1 Å². The van der Waals surface area contributed by atoms with Crippen LogP contribution in [-0.4, -0.2) is 14.5 Å². The molecule has 0 aliphatic heterocycles. The number of rotatable bonds is 2.